The van der Waals surface area contributed by atoms with Crippen LogP contribution < -0.4 is 10.6 Å². The second kappa shape index (κ2) is 3.89. The molecule has 1 atom stereocenters. The van der Waals surface area contributed by atoms with Crippen molar-refractivity contribution in [3.05, 3.63) is 16.2 Å². The summed E-state index contributed by atoms with van der Waals surface area (Å²) >= 11 is 3.51. The van der Waals surface area contributed by atoms with E-state index in [1.54, 1.807) is 6.20 Å². The van der Waals surface area contributed by atoms with Gasteiger partial charge in [-0.15, -0.1) is 0 Å². The van der Waals surface area contributed by atoms with Gasteiger partial charge in [-0.05, 0) is 41.8 Å². The number of nitrogens with two attached hydrogens (primary N) is 1. The highest BCUT2D eigenvalue weighted by molar-refractivity contribution is 9.10. The Balaban J connectivity index is 2.32. The van der Waals surface area contributed by atoms with Crippen LogP contribution in [-0.4, -0.2) is 28.8 Å². The number of nitrogen functional groups attached to an aromatic ring is 1. The molecule has 1 aromatic rings. The average Bonchev–Trinajstić information content (AvgIpc) is 2.55. The van der Waals surface area contributed by atoms with Crippen LogP contribution in [-0.2, 0) is 0 Å². The van der Waals surface area contributed by atoms with Gasteiger partial charge in [0.15, 0.2) is 0 Å². The number of aliphatic hydroxyl groups is 1. The van der Waals surface area contributed by atoms with Crippen molar-refractivity contribution in [1.82, 2.24) is 4.98 Å². The minimum atomic E-state index is -0.615. The molecule has 0 radical (unpaired) electrons. The van der Waals surface area contributed by atoms with Gasteiger partial charge in [-0.25, -0.2) is 4.98 Å². The molecule has 1 fully saturated rings. The largest absolute Gasteiger partial charge is 0.397 e. The number of aromatic nitrogens is 1. The number of nitrogens with zero attached hydrogens (tertiary/aromatic N) is 2. The highest BCUT2D eigenvalue weighted by Gasteiger charge is 2.33. The molecular formula is C11H16BrN3O. The molecule has 3 N–H and O–H groups in total. The fourth-order valence-corrected chi connectivity index (χ4v) is 2.51. The summed E-state index contributed by atoms with van der Waals surface area (Å²) in [7, 11) is 0. The van der Waals surface area contributed by atoms with Gasteiger partial charge in [-0.2, -0.15) is 0 Å². The molecule has 1 aliphatic heterocycles. The topological polar surface area (TPSA) is 62.4 Å². The first-order valence-corrected chi connectivity index (χ1v) is 6.08. The number of anilines is 2. The first-order valence-electron chi connectivity index (χ1n) is 5.28. The third-order valence-electron chi connectivity index (χ3n) is 3.04. The molecule has 16 heavy (non-hydrogen) atoms. The summed E-state index contributed by atoms with van der Waals surface area (Å²) in [4.78, 5) is 6.41. The van der Waals surface area contributed by atoms with Crippen molar-refractivity contribution in [2.75, 3.05) is 23.7 Å². The number of rotatable bonds is 1. The first kappa shape index (κ1) is 11.7. The number of hydrogen-bond donors (Lipinski definition) is 2. The van der Waals surface area contributed by atoms with E-state index in [0.717, 1.165) is 28.8 Å². The van der Waals surface area contributed by atoms with Gasteiger partial charge < -0.3 is 15.7 Å². The van der Waals surface area contributed by atoms with Crippen LogP contribution >= 0.6 is 15.9 Å². The summed E-state index contributed by atoms with van der Waals surface area (Å²) in [6, 6.07) is 0. The minimum absolute atomic E-state index is 0.613. The fourth-order valence-electron chi connectivity index (χ4n) is 1.92. The van der Waals surface area contributed by atoms with Gasteiger partial charge in [0.2, 0.25) is 0 Å². The molecule has 0 saturated carbocycles. The van der Waals surface area contributed by atoms with E-state index in [4.69, 9.17) is 5.73 Å². The molecule has 1 aromatic heterocycles. The molecule has 1 unspecified atom stereocenters. The normalized spacial score (nSPS) is 25.1. The summed E-state index contributed by atoms with van der Waals surface area (Å²) in [5.74, 6) is 0.865. The molecule has 0 spiro atoms. The van der Waals surface area contributed by atoms with Crippen molar-refractivity contribution in [2.45, 2.75) is 25.9 Å². The summed E-state index contributed by atoms with van der Waals surface area (Å²) in [5.41, 5.74) is 6.85. The maximum absolute atomic E-state index is 9.93. The Bertz CT molecular complexity index is 420. The molecule has 0 bridgehead atoms. The van der Waals surface area contributed by atoms with Crippen LogP contribution in [0.5, 0.6) is 0 Å². The lowest BCUT2D eigenvalue weighted by Gasteiger charge is -2.21. The third-order valence-corrected chi connectivity index (χ3v) is 3.99. The number of hydrogen-bond acceptors (Lipinski definition) is 4. The molecule has 4 nitrogen and oxygen atoms in total. The lowest BCUT2D eigenvalue weighted by molar-refractivity contribution is 0.0839. The van der Waals surface area contributed by atoms with Gasteiger partial charge >= 0.3 is 0 Å². The Morgan fingerprint density at radius 1 is 1.62 bits per heavy atom. The average molecular weight is 286 g/mol. The van der Waals surface area contributed by atoms with Gasteiger partial charge in [0.25, 0.3) is 0 Å². The van der Waals surface area contributed by atoms with E-state index in [1.807, 2.05) is 13.8 Å². The zero-order valence-corrected chi connectivity index (χ0v) is 11.1. The van der Waals surface area contributed by atoms with Crippen LogP contribution in [0.3, 0.4) is 0 Å². The van der Waals surface area contributed by atoms with E-state index in [0.29, 0.717) is 12.2 Å². The van der Waals surface area contributed by atoms with Crippen LogP contribution in [0.2, 0.25) is 0 Å². The van der Waals surface area contributed by atoms with Gasteiger partial charge in [0.05, 0.1) is 22.0 Å². The summed E-state index contributed by atoms with van der Waals surface area (Å²) in [6.45, 7) is 5.24. The van der Waals surface area contributed by atoms with Crippen LogP contribution in [0.4, 0.5) is 11.5 Å². The van der Waals surface area contributed by atoms with Gasteiger partial charge in [-0.1, -0.05) is 0 Å². The lowest BCUT2D eigenvalue weighted by Crippen LogP contribution is -2.30. The molecule has 2 rings (SSSR count). The zero-order chi connectivity index (χ0) is 11.9. The van der Waals surface area contributed by atoms with Crippen molar-refractivity contribution < 1.29 is 5.11 Å². The van der Waals surface area contributed by atoms with Crippen molar-refractivity contribution >= 4 is 27.4 Å². The number of halogens is 1. The third kappa shape index (κ3) is 2.01. The summed E-state index contributed by atoms with van der Waals surface area (Å²) in [5, 5.41) is 9.93. The second-order valence-electron chi connectivity index (χ2n) is 4.64. The van der Waals surface area contributed by atoms with Crippen molar-refractivity contribution in [1.29, 1.82) is 0 Å². The molecule has 1 saturated heterocycles. The Hall–Kier alpha value is -0.810. The van der Waals surface area contributed by atoms with Crippen LogP contribution in [0.15, 0.2) is 10.7 Å². The Kier molecular flexibility index (Phi) is 2.84. The zero-order valence-electron chi connectivity index (χ0n) is 9.50. The molecule has 0 amide bonds. The van der Waals surface area contributed by atoms with Crippen LogP contribution in [0.25, 0.3) is 0 Å². The standard InChI is InChI=1S/C11H16BrN3O/c1-7-8(13)5-14-10(9(7)12)15-4-3-11(2,16)6-15/h5,16H,3-4,6,13H2,1-2H3. The van der Waals surface area contributed by atoms with Crippen LogP contribution in [0.1, 0.15) is 18.9 Å². The minimum Gasteiger partial charge on any atom is -0.397 e. The quantitative estimate of drug-likeness (QED) is 0.824. The lowest BCUT2D eigenvalue weighted by atomic mass is 10.1. The highest BCUT2D eigenvalue weighted by atomic mass is 79.9. The molecule has 2 heterocycles. The Labute approximate surface area is 104 Å². The van der Waals surface area contributed by atoms with Crippen molar-refractivity contribution in [3.63, 3.8) is 0 Å². The SMILES string of the molecule is Cc1c(N)cnc(N2CCC(C)(O)C2)c1Br. The number of β-amino-alcohol motifs (C(OH)–C–C–N with tert-alkyl or cyclic N) is 1. The van der Waals surface area contributed by atoms with E-state index in [-0.39, 0.29) is 0 Å². The van der Waals surface area contributed by atoms with Gasteiger partial charge in [0, 0.05) is 13.1 Å². The van der Waals surface area contributed by atoms with Crippen molar-refractivity contribution in [2.24, 2.45) is 0 Å². The summed E-state index contributed by atoms with van der Waals surface area (Å²) in [6.07, 6.45) is 2.44. The van der Waals surface area contributed by atoms with E-state index in [2.05, 4.69) is 25.8 Å². The van der Waals surface area contributed by atoms with Gasteiger partial charge in [0.1, 0.15) is 5.82 Å². The molecule has 0 aromatic carbocycles. The first-order chi connectivity index (χ1) is 7.41. The maximum atomic E-state index is 9.93. The summed E-state index contributed by atoms with van der Waals surface area (Å²) < 4.78 is 0.921. The fraction of sp³-hybridized carbons (Fsp3) is 0.545. The molecular weight excluding hydrogens is 270 g/mol. The van der Waals surface area contributed by atoms with Crippen LogP contribution in [0, 0.1) is 6.92 Å². The van der Waals surface area contributed by atoms with E-state index in [1.165, 1.54) is 0 Å². The predicted molar refractivity (Wildman–Crippen MR) is 68.5 cm³/mol. The Morgan fingerprint density at radius 2 is 2.31 bits per heavy atom. The molecule has 1 aliphatic rings. The predicted octanol–water partition coefficient (Wildman–Crippen LogP) is 1.70. The van der Waals surface area contributed by atoms with Crippen molar-refractivity contribution in [3.8, 4) is 0 Å². The molecule has 5 heteroatoms. The molecule has 88 valence electrons. The second-order valence-corrected chi connectivity index (χ2v) is 5.44. The Morgan fingerprint density at radius 3 is 2.88 bits per heavy atom. The van der Waals surface area contributed by atoms with E-state index >= 15 is 0 Å². The van der Waals surface area contributed by atoms with Gasteiger partial charge in [-0.3, -0.25) is 0 Å². The smallest absolute Gasteiger partial charge is 0.143 e. The van der Waals surface area contributed by atoms with E-state index in [9.17, 15) is 5.11 Å². The monoisotopic (exact) mass is 285 g/mol. The van der Waals surface area contributed by atoms with E-state index < -0.39 is 5.60 Å². The maximum Gasteiger partial charge on any atom is 0.143 e. The number of pyridine rings is 1. The molecule has 0 aliphatic carbocycles. The highest BCUT2D eigenvalue weighted by Crippen LogP contribution is 2.34.